The number of imide groups is 1. The first kappa shape index (κ1) is 23.5. The van der Waals surface area contributed by atoms with Crippen LogP contribution in [-0.2, 0) is 16.2 Å². The molecule has 3 aromatic rings. The fourth-order valence-corrected chi connectivity index (χ4v) is 4.08. The molecule has 6 nitrogen and oxygen atoms in total. The number of ether oxygens (including phenoxy) is 1. The van der Waals surface area contributed by atoms with Gasteiger partial charge >= 0.3 is 0 Å². The number of hydrogen-bond acceptors (Lipinski definition) is 5. The number of rotatable bonds is 7. The predicted molar refractivity (Wildman–Crippen MR) is 130 cm³/mol. The zero-order chi connectivity index (χ0) is 24.1. The summed E-state index contributed by atoms with van der Waals surface area (Å²) in [7, 11) is 0. The number of halogens is 2. The first-order valence-corrected chi connectivity index (χ1v) is 11.4. The van der Waals surface area contributed by atoms with Crippen molar-refractivity contribution < 1.29 is 23.5 Å². The van der Waals surface area contributed by atoms with Gasteiger partial charge in [0.2, 0.25) is 5.91 Å². The molecule has 0 bridgehead atoms. The van der Waals surface area contributed by atoms with E-state index in [4.69, 9.17) is 16.3 Å². The maximum absolute atomic E-state index is 13.1. The Kier molecular flexibility index (Phi) is 7.30. The molecule has 1 aliphatic rings. The number of anilines is 1. The Morgan fingerprint density at radius 1 is 1.03 bits per heavy atom. The second-order valence-electron chi connectivity index (χ2n) is 7.28. The largest absolute Gasteiger partial charge is 0.488 e. The SMILES string of the molecule is O=C(CN1C(=O)S/C(=C\c2ccccc2OCc2ccc(F)cc2)C1=O)Nc1ccc(Cl)cc1. The molecule has 4 rings (SSSR count). The molecule has 1 aliphatic heterocycles. The summed E-state index contributed by atoms with van der Waals surface area (Å²) in [5.74, 6) is -0.899. The molecule has 0 spiro atoms. The van der Waals surface area contributed by atoms with E-state index in [0.29, 0.717) is 22.0 Å². The van der Waals surface area contributed by atoms with E-state index in [-0.39, 0.29) is 17.3 Å². The molecule has 0 aliphatic carbocycles. The lowest BCUT2D eigenvalue weighted by atomic mass is 10.1. The maximum atomic E-state index is 13.1. The summed E-state index contributed by atoms with van der Waals surface area (Å²) >= 11 is 6.59. The van der Waals surface area contributed by atoms with Gasteiger partial charge in [0.05, 0.1) is 4.91 Å². The Morgan fingerprint density at radius 2 is 1.74 bits per heavy atom. The average Bonchev–Trinajstić information content (AvgIpc) is 3.08. The summed E-state index contributed by atoms with van der Waals surface area (Å²) < 4.78 is 18.9. The van der Waals surface area contributed by atoms with Crippen molar-refractivity contribution in [2.24, 2.45) is 0 Å². The van der Waals surface area contributed by atoms with Crippen LogP contribution in [0.3, 0.4) is 0 Å². The Labute approximate surface area is 204 Å². The molecule has 0 aromatic heterocycles. The van der Waals surface area contributed by atoms with Gasteiger partial charge in [-0.15, -0.1) is 0 Å². The van der Waals surface area contributed by atoms with Crippen molar-refractivity contribution >= 4 is 52.2 Å². The van der Waals surface area contributed by atoms with Crippen molar-refractivity contribution in [3.63, 3.8) is 0 Å². The number of nitrogens with one attached hydrogen (secondary N) is 1. The molecule has 0 unspecified atom stereocenters. The molecule has 34 heavy (non-hydrogen) atoms. The number of carbonyl (C=O) groups is 3. The lowest BCUT2D eigenvalue weighted by molar-refractivity contribution is -0.127. The third-order valence-corrected chi connectivity index (χ3v) is 5.98. The van der Waals surface area contributed by atoms with Crippen LogP contribution in [0.4, 0.5) is 14.9 Å². The van der Waals surface area contributed by atoms with E-state index in [9.17, 15) is 18.8 Å². The van der Waals surface area contributed by atoms with Crippen molar-refractivity contribution in [3.05, 3.63) is 99.7 Å². The second kappa shape index (κ2) is 10.5. The number of para-hydroxylation sites is 1. The molecule has 172 valence electrons. The molecule has 1 fully saturated rings. The van der Waals surface area contributed by atoms with E-state index in [2.05, 4.69) is 5.32 Å². The second-order valence-corrected chi connectivity index (χ2v) is 8.71. The third kappa shape index (κ3) is 5.84. The third-order valence-electron chi connectivity index (χ3n) is 4.82. The van der Waals surface area contributed by atoms with E-state index in [0.717, 1.165) is 22.2 Å². The number of amides is 3. The summed E-state index contributed by atoms with van der Waals surface area (Å²) in [6.07, 6.45) is 1.56. The van der Waals surface area contributed by atoms with Gasteiger partial charge < -0.3 is 10.1 Å². The molecular weight excluding hydrogens is 479 g/mol. The number of benzene rings is 3. The summed E-state index contributed by atoms with van der Waals surface area (Å²) in [5, 5.41) is 2.62. The van der Waals surface area contributed by atoms with Crippen LogP contribution in [0, 0.1) is 5.82 Å². The van der Waals surface area contributed by atoms with Crippen LogP contribution in [0.5, 0.6) is 5.75 Å². The van der Waals surface area contributed by atoms with Gasteiger partial charge in [-0.25, -0.2) is 4.39 Å². The highest BCUT2D eigenvalue weighted by Crippen LogP contribution is 2.34. The number of hydrogen-bond donors (Lipinski definition) is 1. The normalized spacial score (nSPS) is 14.5. The zero-order valence-corrected chi connectivity index (χ0v) is 19.2. The summed E-state index contributed by atoms with van der Waals surface area (Å²) in [5.41, 5.74) is 1.88. The van der Waals surface area contributed by atoms with Crippen LogP contribution in [-0.4, -0.2) is 28.5 Å². The Morgan fingerprint density at radius 3 is 2.47 bits per heavy atom. The Bertz CT molecular complexity index is 1260. The molecule has 1 N–H and O–H groups in total. The minimum atomic E-state index is -0.561. The summed E-state index contributed by atoms with van der Waals surface area (Å²) in [6.45, 7) is -0.204. The highest BCUT2D eigenvalue weighted by Gasteiger charge is 2.36. The predicted octanol–water partition coefficient (Wildman–Crippen LogP) is 5.73. The lowest BCUT2D eigenvalue weighted by Gasteiger charge is -2.12. The van der Waals surface area contributed by atoms with E-state index in [1.165, 1.54) is 12.1 Å². The van der Waals surface area contributed by atoms with Gasteiger partial charge in [-0.3, -0.25) is 19.3 Å². The molecule has 1 heterocycles. The van der Waals surface area contributed by atoms with Crippen LogP contribution < -0.4 is 10.1 Å². The Balaban J connectivity index is 1.44. The maximum Gasteiger partial charge on any atom is 0.294 e. The minimum absolute atomic E-state index is 0.183. The molecule has 1 saturated heterocycles. The van der Waals surface area contributed by atoms with Gasteiger partial charge in [-0.2, -0.15) is 0 Å². The van der Waals surface area contributed by atoms with Crippen molar-refractivity contribution in [3.8, 4) is 5.75 Å². The van der Waals surface area contributed by atoms with Crippen LogP contribution in [0.1, 0.15) is 11.1 Å². The van der Waals surface area contributed by atoms with Gasteiger partial charge in [0.25, 0.3) is 11.1 Å². The molecule has 0 saturated carbocycles. The average molecular weight is 497 g/mol. The molecule has 3 amide bonds. The molecule has 0 radical (unpaired) electrons. The minimum Gasteiger partial charge on any atom is -0.488 e. The first-order chi connectivity index (χ1) is 16.4. The molecule has 9 heteroatoms. The molecule has 0 atom stereocenters. The van der Waals surface area contributed by atoms with Crippen LogP contribution >= 0.6 is 23.4 Å². The van der Waals surface area contributed by atoms with Gasteiger partial charge in [-0.05, 0) is 65.9 Å². The zero-order valence-electron chi connectivity index (χ0n) is 17.7. The highest BCUT2D eigenvalue weighted by molar-refractivity contribution is 8.18. The van der Waals surface area contributed by atoms with Gasteiger partial charge in [0.1, 0.15) is 24.7 Å². The Hall–Kier alpha value is -3.62. The standard InChI is InChI=1S/C25H18ClFN2O4S/c26-18-7-11-20(12-8-18)28-23(30)14-29-24(31)22(34-25(29)32)13-17-3-1-2-4-21(17)33-15-16-5-9-19(27)10-6-16/h1-13H,14-15H2,(H,28,30)/b22-13-. The fourth-order valence-electron chi connectivity index (χ4n) is 3.13. The van der Waals surface area contributed by atoms with Crippen molar-refractivity contribution in [1.29, 1.82) is 0 Å². The summed E-state index contributed by atoms with van der Waals surface area (Å²) in [6, 6.07) is 19.5. The first-order valence-electron chi connectivity index (χ1n) is 10.2. The van der Waals surface area contributed by atoms with Gasteiger partial charge in [0, 0.05) is 16.3 Å². The van der Waals surface area contributed by atoms with E-state index in [1.54, 1.807) is 66.7 Å². The smallest absolute Gasteiger partial charge is 0.294 e. The molecular formula is C25H18ClFN2O4S. The van der Waals surface area contributed by atoms with Crippen LogP contribution in [0.15, 0.2) is 77.7 Å². The van der Waals surface area contributed by atoms with E-state index in [1.807, 2.05) is 0 Å². The number of thioether (sulfide) groups is 1. The van der Waals surface area contributed by atoms with Crippen LogP contribution in [0.2, 0.25) is 5.02 Å². The lowest BCUT2D eigenvalue weighted by Crippen LogP contribution is -2.36. The number of carbonyl (C=O) groups excluding carboxylic acids is 3. The molecule has 3 aromatic carbocycles. The van der Waals surface area contributed by atoms with Crippen LogP contribution in [0.25, 0.3) is 6.08 Å². The van der Waals surface area contributed by atoms with Crippen molar-refractivity contribution in [1.82, 2.24) is 4.90 Å². The summed E-state index contributed by atoms with van der Waals surface area (Å²) in [4.78, 5) is 38.6. The van der Waals surface area contributed by atoms with Gasteiger partial charge in [0.15, 0.2) is 0 Å². The monoisotopic (exact) mass is 496 g/mol. The quantitative estimate of drug-likeness (QED) is 0.422. The number of nitrogens with zero attached hydrogens (tertiary/aromatic N) is 1. The highest BCUT2D eigenvalue weighted by atomic mass is 35.5. The van der Waals surface area contributed by atoms with E-state index < -0.39 is 23.6 Å². The van der Waals surface area contributed by atoms with Crippen molar-refractivity contribution in [2.75, 3.05) is 11.9 Å². The van der Waals surface area contributed by atoms with E-state index >= 15 is 0 Å². The van der Waals surface area contributed by atoms with Crippen molar-refractivity contribution in [2.45, 2.75) is 6.61 Å². The fraction of sp³-hybridized carbons (Fsp3) is 0.0800. The topological polar surface area (TPSA) is 75.7 Å². The van der Waals surface area contributed by atoms with Gasteiger partial charge in [-0.1, -0.05) is 41.9 Å².